The highest BCUT2D eigenvalue weighted by Gasteiger charge is 2.11. The largest absolute Gasteiger partial charge is 0.494 e. The van der Waals surface area contributed by atoms with Crippen LogP contribution in [0.3, 0.4) is 0 Å². The lowest BCUT2D eigenvalue weighted by Gasteiger charge is -2.05. The Morgan fingerprint density at radius 1 is 0.939 bits per heavy atom. The first-order valence-corrected chi connectivity index (χ1v) is 10.9. The molecule has 0 radical (unpaired) electrons. The number of ether oxygens (including phenoxy) is 1. The summed E-state index contributed by atoms with van der Waals surface area (Å²) >= 11 is 0. The smallest absolute Gasteiger partial charge is 0.289 e. The molecular formula is C27H26N4O2. The molecule has 0 fully saturated rings. The van der Waals surface area contributed by atoms with E-state index in [-0.39, 0.29) is 5.91 Å². The van der Waals surface area contributed by atoms with E-state index in [1.54, 1.807) is 6.07 Å². The maximum Gasteiger partial charge on any atom is 0.289 e. The van der Waals surface area contributed by atoms with Crippen molar-refractivity contribution in [1.82, 2.24) is 15.6 Å². The molecule has 0 unspecified atom stereocenters. The number of H-pyrrole nitrogens is 1. The number of hydrazone groups is 1. The lowest BCUT2D eigenvalue weighted by molar-refractivity contribution is 0.0950. The predicted octanol–water partition coefficient (Wildman–Crippen LogP) is 5.69. The number of aromatic amines is 1. The fourth-order valence-corrected chi connectivity index (χ4v) is 3.32. The third-order valence-electron chi connectivity index (χ3n) is 5.18. The Kier molecular flexibility index (Phi) is 6.95. The standard InChI is InChI=1S/C27H26N4O2/c1-3-17-33-24-15-13-23(14-16-24)25-18-26(30-29-25)27(32)31-28-19(2)20-9-11-22(12-10-20)21-7-5-4-6-8-21/h4-16,18H,3,17H2,1-2H3,(H,29,30)(H,31,32). The van der Waals surface area contributed by atoms with Crippen molar-refractivity contribution in [1.29, 1.82) is 0 Å². The van der Waals surface area contributed by atoms with Gasteiger partial charge in [-0.25, -0.2) is 5.43 Å². The van der Waals surface area contributed by atoms with Crippen molar-refractivity contribution < 1.29 is 9.53 Å². The van der Waals surface area contributed by atoms with E-state index in [4.69, 9.17) is 4.74 Å². The van der Waals surface area contributed by atoms with Gasteiger partial charge in [-0.05, 0) is 60.4 Å². The van der Waals surface area contributed by atoms with Gasteiger partial charge in [0.1, 0.15) is 11.4 Å². The Morgan fingerprint density at radius 3 is 2.30 bits per heavy atom. The van der Waals surface area contributed by atoms with Gasteiger partial charge < -0.3 is 4.74 Å². The number of hydrogen-bond acceptors (Lipinski definition) is 4. The van der Waals surface area contributed by atoms with Crippen LogP contribution in [0.2, 0.25) is 0 Å². The highest BCUT2D eigenvalue weighted by atomic mass is 16.5. The van der Waals surface area contributed by atoms with Crippen molar-refractivity contribution in [3.8, 4) is 28.1 Å². The van der Waals surface area contributed by atoms with Crippen LogP contribution in [0.1, 0.15) is 36.3 Å². The van der Waals surface area contributed by atoms with Crippen molar-refractivity contribution in [2.45, 2.75) is 20.3 Å². The predicted molar refractivity (Wildman–Crippen MR) is 131 cm³/mol. The molecule has 0 saturated carbocycles. The van der Waals surface area contributed by atoms with E-state index in [1.165, 1.54) is 0 Å². The topological polar surface area (TPSA) is 79.4 Å². The van der Waals surface area contributed by atoms with E-state index in [0.717, 1.165) is 34.4 Å². The quantitative estimate of drug-likeness (QED) is 0.274. The molecule has 6 nitrogen and oxygen atoms in total. The van der Waals surface area contributed by atoms with E-state index >= 15 is 0 Å². The molecule has 3 aromatic carbocycles. The van der Waals surface area contributed by atoms with Crippen LogP contribution in [0.5, 0.6) is 5.75 Å². The van der Waals surface area contributed by atoms with Crippen molar-refractivity contribution in [2.75, 3.05) is 6.61 Å². The van der Waals surface area contributed by atoms with Crippen LogP contribution in [-0.4, -0.2) is 28.4 Å². The third kappa shape index (κ3) is 5.54. The van der Waals surface area contributed by atoms with Gasteiger partial charge in [-0.3, -0.25) is 9.89 Å². The van der Waals surface area contributed by atoms with Gasteiger partial charge in [0.2, 0.25) is 0 Å². The summed E-state index contributed by atoms with van der Waals surface area (Å²) in [6.07, 6.45) is 0.959. The summed E-state index contributed by atoms with van der Waals surface area (Å²) < 4.78 is 5.60. The Hall–Kier alpha value is -4.19. The van der Waals surface area contributed by atoms with Crippen LogP contribution in [0, 0.1) is 0 Å². The van der Waals surface area contributed by atoms with Gasteiger partial charge in [-0.2, -0.15) is 10.2 Å². The Bertz CT molecular complexity index is 1230. The minimum absolute atomic E-state index is 0.340. The maximum absolute atomic E-state index is 12.5. The monoisotopic (exact) mass is 438 g/mol. The normalized spacial score (nSPS) is 11.3. The second-order valence-electron chi connectivity index (χ2n) is 7.62. The molecule has 33 heavy (non-hydrogen) atoms. The second-order valence-corrected chi connectivity index (χ2v) is 7.62. The zero-order valence-corrected chi connectivity index (χ0v) is 18.7. The highest BCUT2D eigenvalue weighted by Crippen LogP contribution is 2.22. The summed E-state index contributed by atoms with van der Waals surface area (Å²) in [5.74, 6) is 0.465. The summed E-state index contributed by atoms with van der Waals surface area (Å²) in [6.45, 7) is 4.61. The van der Waals surface area contributed by atoms with E-state index in [2.05, 4.69) is 39.8 Å². The molecule has 0 atom stereocenters. The first kappa shape index (κ1) is 22.0. The Balaban J connectivity index is 1.39. The number of nitrogens with zero attached hydrogens (tertiary/aromatic N) is 2. The molecule has 6 heteroatoms. The molecule has 0 saturated heterocycles. The molecular weight excluding hydrogens is 412 g/mol. The van der Waals surface area contributed by atoms with Gasteiger partial charge in [-0.1, -0.05) is 61.5 Å². The van der Waals surface area contributed by atoms with Crippen LogP contribution < -0.4 is 10.2 Å². The second kappa shape index (κ2) is 10.4. The summed E-state index contributed by atoms with van der Waals surface area (Å²) in [4.78, 5) is 12.5. The van der Waals surface area contributed by atoms with Gasteiger partial charge in [0.25, 0.3) is 5.91 Å². The van der Waals surface area contributed by atoms with Crippen molar-refractivity contribution in [3.05, 3.63) is 96.2 Å². The van der Waals surface area contributed by atoms with Crippen LogP contribution in [0.25, 0.3) is 22.4 Å². The van der Waals surface area contributed by atoms with E-state index in [9.17, 15) is 4.79 Å². The number of aromatic nitrogens is 2. The first-order chi connectivity index (χ1) is 16.1. The molecule has 4 aromatic rings. The summed E-state index contributed by atoms with van der Waals surface area (Å²) in [7, 11) is 0. The van der Waals surface area contributed by atoms with Crippen molar-refractivity contribution in [2.24, 2.45) is 5.10 Å². The fraction of sp³-hybridized carbons (Fsp3) is 0.148. The highest BCUT2D eigenvalue weighted by molar-refractivity contribution is 6.01. The zero-order valence-electron chi connectivity index (χ0n) is 18.7. The number of amides is 1. The van der Waals surface area contributed by atoms with Crippen LogP contribution in [0.4, 0.5) is 0 Å². The van der Waals surface area contributed by atoms with Gasteiger partial charge in [0.05, 0.1) is 18.0 Å². The minimum atomic E-state index is -0.350. The number of carbonyl (C=O) groups excluding carboxylic acids is 1. The molecule has 0 aliphatic carbocycles. The zero-order chi connectivity index (χ0) is 23.0. The average molecular weight is 439 g/mol. The summed E-state index contributed by atoms with van der Waals surface area (Å²) in [5, 5.41) is 11.3. The number of hydrogen-bond donors (Lipinski definition) is 2. The lowest BCUT2D eigenvalue weighted by Crippen LogP contribution is -2.19. The Morgan fingerprint density at radius 2 is 1.61 bits per heavy atom. The molecule has 4 rings (SSSR count). The Labute approximate surface area is 193 Å². The minimum Gasteiger partial charge on any atom is -0.494 e. The van der Waals surface area contributed by atoms with Gasteiger partial charge in [0.15, 0.2) is 0 Å². The van der Waals surface area contributed by atoms with Crippen LogP contribution in [-0.2, 0) is 0 Å². The number of rotatable bonds is 8. The molecule has 166 valence electrons. The summed E-state index contributed by atoms with van der Waals surface area (Å²) in [6, 6.07) is 27.6. The van der Waals surface area contributed by atoms with E-state index in [0.29, 0.717) is 23.7 Å². The number of nitrogens with one attached hydrogen (secondary N) is 2. The maximum atomic E-state index is 12.5. The van der Waals surface area contributed by atoms with Gasteiger partial charge in [-0.15, -0.1) is 0 Å². The molecule has 0 bridgehead atoms. The fourth-order valence-electron chi connectivity index (χ4n) is 3.32. The molecule has 1 aromatic heterocycles. The molecule has 0 aliphatic rings. The number of benzene rings is 3. The first-order valence-electron chi connectivity index (χ1n) is 10.9. The SMILES string of the molecule is CCCOc1ccc(-c2cc(C(=O)NN=C(C)c3ccc(-c4ccccc4)cc3)[nH]n2)cc1. The lowest BCUT2D eigenvalue weighted by atomic mass is 10.0. The van der Waals surface area contributed by atoms with E-state index < -0.39 is 0 Å². The van der Waals surface area contributed by atoms with Crippen molar-refractivity contribution in [3.63, 3.8) is 0 Å². The molecule has 1 amide bonds. The average Bonchev–Trinajstić information content (AvgIpc) is 3.37. The summed E-state index contributed by atoms with van der Waals surface area (Å²) in [5.41, 5.74) is 8.45. The van der Waals surface area contributed by atoms with Gasteiger partial charge in [0, 0.05) is 5.56 Å². The van der Waals surface area contributed by atoms with Gasteiger partial charge >= 0.3 is 0 Å². The molecule has 0 aliphatic heterocycles. The van der Waals surface area contributed by atoms with Crippen molar-refractivity contribution >= 4 is 11.6 Å². The molecule has 0 spiro atoms. The third-order valence-corrected chi connectivity index (χ3v) is 5.18. The molecule has 1 heterocycles. The molecule has 2 N–H and O–H groups in total. The van der Waals surface area contributed by atoms with Crippen LogP contribution in [0.15, 0.2) is 90.0 Å². The number of carbonyl (C=O) groups is 1. The van der Waals surface area contributed by atoms with E-state index in [1.807, 2.05) is 73.7 Å². The van der Waals surface area contributed by atoms with Crippen LogP contribution >= 0.6 is 0 Å².